The van der Waals surface area contributed by atoms with Crippen molar-refractivity contribution < 1.29 is 47.6 Å². The van der Waals surface area contributed by atoms with Gasteiger partial charge in [-0.3, -0.25) is 0 Å². The molecule has 0 aromatic carbocycles. The van der Waals surface area contributed by atoms with Gasteiger partial charge in [-0.05, 0) is 19.3 Å². The van der Waals surface area contributed by atoms with Crippen molar-refractivity contribution in [2.75, 3.05) is 6.61 Å². The Balaban J connectivity index is 0. The van der Waals surface area contributed by atoms with Crippen molar-refractivity contribution in [1.82, 2.24) is 0 Å². The van der Waals surface area contributed by atoms with Crippen LogP contribution in [0.4, 0.5) is 0 Å². The molecule has 4 nitrogen and oxygen atoms in total. The molecule has 146 valence electrons. The van der Waals surface area contributed by atoms with Gasteiger partial charge in [0.15, 0.2) is 0 Å². The van der Waals surface area contributed by atoms with Crippen molar-refractivity contribution in [2.45, 2.75) is 115 Å². The van der Waals surface area contributed by atoms with Crippen LogP contribution in [0.5, 0.6) is 0 Å². The van der Waals surface area contributed by atoms with Crippen LogP contribution < -0.4 is 29.6 Å². The Morgan fingerprint density at radius 2 is 1.08 bits per heavy atom. The number of unbranched alkanes of at least 4 members (excludes halogenated alkanes) is 12. The minimum atomic E-state index is -4.14. The predicted molar refractivity (Wildman–Crippen MR) is 100 cm³/mol. The van der Waals surface area contributed by atoms with Gasteiger partial charge in [-0.2, -0.15) is 0 Å². The zero-order valence-electron chi connectivity index (χ0n) is 16.7. The molecule has 0 radical (unpaired) electrons. The fourth-order valence-electron chi connectivity index (χ4n) is 3.13. The molecule has 0 fully saturated rings. The zero-order valence-corrected chi connectivity index (χ0v) is 19.5. The summed E-state index contributed by atoms with van der Waals surface area (Å²) >= 11 is 0. The summed E-state index contributed by atoms with van der Waals surface area (Å²) < 4.78 is 34.2. The van der Waals surface area contributed by atoms with E-state index in [1.165, 1.54) is 25.7 Å². The van der Waals surface area contributed by atoms with Gasteiger partial charge in [0.1, 0.15) is 0 Å². The third kappa shape index (κ3) is 19.4. The Labute approximate surface area is 178 Å². The Morgan fingerprint density at radius 1 is 0.720 bits per heavy atom. The average Bonchev–Trinajstić information content (AvgIpc) is 2.53. The Kier molecular flexibility index (Phi) is 22.0. The monoisotopic (exact) mass is 386 g/mol. The molecular weight excluding hydrogens is 347 g/mol. The molecule has 0 spiro atoms. The summed E-state index contributed by atoms with van der Waals surface area (Å²) in [5.74, 6) is 0. The molecule has 0 bridgehead atoms. The minimum Gasteiger partial charge on any atom is -0.748 e. The van der Waals surface area contributed by atoms with Crippen LogP contribution in [0.25, 0.3) is 0 Å². The van der Waals surface area contributed by atoms with Crippen molar-refractivity contribution in [2.24, 2.45) is 0 Å². The summed E-state index contributed by atoms with van der Waals surface area (Å²) in [6.45, 7) is 2.46. The van der Waals surface area contributed by atoms with Gasteiger partial charge in [-0.1, -0.05) is 90.4 Å². The van der Waals surface area contributed by atoms with Crippen LogP contribution in [-0.2, 0) is 10.1 Å². The van der Waals surface area contributed by atoms with E-state index in [0.29, 0.717) is 12.8 Å². The average molecular weight is 387 g/mol. The van der Waals surface area contributed by atoms with E-state index >= 15 is 0 Å². The van der Waals surface area contributed by atoms with Crippen molar-refractivity contribution in [3.05, 3.63) is 0 Å². The van der Waals surface area contributed by atoms with Gasteiger partial charge in [0.05, 0.1) is 10.1 Å². The second-order valence-corrected chi connectivity index (χ2v) is 8.66. The third-order valence-corrected chi connectivity index (χ3v) is 6.01. The van der Waals surface area contributed by atoms with Crippen LogP contribution in [0.3, 0.4) is 0 Å². The largest absolute Gasteiger partial charge is 1.00 e. The Bertz CT molecular complexity index is 360. The second kappa shape index (κ2) is 19.6. The molecule has 0 saturated heterocycles. The first-order chi connectivity index (χ1) is 11.5. The van der Waals surface area contributed by atoms with Gasteiger partial charge in [-0.15, -0.1) is 0 Å². The summed E-state index contributed by atoms with van der Waals surface area (Å²) in [5.41, 5.74) is 0. The normalized spacial score (nSPS) is 12.8. The summed E-state index contributed by atoms with van der Waals surface area (Å²) in [6.07, 6.45) is 16.2. The minimum absolute atomic E-state index is 0. The molecule has 0 rings (SSSR count). The van der Waals surface area contributed by atoms with Crippen LogP contribution in [0.15, 0.2) is 0 Å². The van der Waals surface area contributed by atoms with E-state index in [9.17, 15) is 13.0 Å². The Hall–Kier alpha value is 0.870. The molecular formula is C19H39NaO4S. The van der Waals surface area contributed by atoms with E-state index in [0.717, 1.165) is 64.2 Å². The van der Waals surface area contributed by atoms with Crippen molar-refractivity contribution in [3.8, 4) is 0 Å². The SMILES string of the molecule is CCCCCCCCC(CCCCCCCCCCO)S(=O)(=O)[O-].[Na+]. The molecule has 1 N–H and O–H groups in total. The fourth-order valence-corrected chi connectivity index (χ4v) is 4.04. The number of aliphatic hydroxyl groups excluding tert-OH is 1. The molecule has 0 aromatic rings. The number of rotatable bonds is 18. The first-order valence-electron chi connectivity index (χ1n) is 10.1. The molecule has 1 atom stereocenters. The van der Waals surface area contributed by atoms with Crippen LogP contribution >= 0.6 is 0 Å². The molecule has 1 unspecified atom stereocenters. The van der Waals surface area contributed by atoms with Gasteiger partial charge in [0.25, 0.3) is 0 Å². The molecule has 0 aliphatic carbocycles. The standard InChI is InChI=1S/C19H40O4S.Na/c1-2-3-4-5-10-13-16-19(24(21,22)23)17-14-11-8-6-7-9-12-15-18-20;/h19-20H,2-18H2,1H3,(H,21,22,23);/q;+1/p-1. The zero-order chi connectivity index (χ0) is 18.1. The first kappa shape index (κ1) is 28.1. The van der Waals surface area contributed by atoms with Crippen LogP contribution in [0, 0.1) is 0 Å². The van der Waals surface area contributed by atoms with E-state index in [4.69, 9.17) is 5.11 Å². The van der Waals surface area contributed by atoms with E-state index in [2.05, 4.69) is 6.92 Å². The predicted octanol–water partition coefficient (Wildman–Crippen LogP) is 2.16. The fraction of sp³-hybridized carbons (Fsp3) is 1.00. The molecule has 0 amide bonds. The van der Waals surface area contributed by atoms with E-state index in [-0.39, 0.29) is 36.2 Å². The molecule has 0 aliphatic rings. The van der Waals surface area contributed by atoms with E-state index < -0.39 is 15.4 Å². The molecule has 6 heteroatoms. The van der Waals surface area contributed by atoms with Crippen LogP contribution in [-0.4, -0.2) is 29.9 Å². The Morgan fingerprint density at radius 3 is 1.44 bits per heavy atom. The van der Waals surface area contributed by atoms with E-state index in [1.807, 2.05) is 0 Å². The van der Waals surface area contributed by atoms with Crippen LogP contribution in [0.2, 0.25) is 0 Å². The summed E-state index contributed by atoms with van der Waals surface area (Å²) in [6, 6.07) is 0. The third-order valence-electron chi connectivity index (χ3n) is 4.72. The van der Waals surface area contributed by atoms with Gasteiger partial charge in [0.2, 0.25) is 0 Å². The number of hydrogen-bond donors (Lipinski definition) is 1. The summed E-state index contributed by atoms with van der Waals surface area (Å²) in [4.78, 5) is 0. The number of aliphatic hydroxyl groups is 1. The maximum Gasteiger partial charge on any atom is 1.00 e. The molecule has 25 heavy (non-hydrogen) atoms. The van der Waals surface area contributed by atoms with Gasteiger partial charge < -0.3 is 9.66 Å². The molecule has 0 aromatic heterocycles. The molecule has 0 heterocycles. The first-order valence-corrected chi connectivity index (χ1v) is 11.5. The smallest absolute Gasteiger partial charge is 0.748 e. The topological polar surface area (TPSA) is 77.4 Å². The van der Waals surface area contributed by atoms with Crippen LogP contribution in [0.1, 0.15) is 110 Å². The maximum absolute atomic E-state index is 11.4. The summed E-state index contributed by atoms with van der Waals surface area (Å²) in [5, 5.41) is 8.02. The second-order valence-electron chi connectivity index (χ2n) is 7.01. The van der Waals surface area contributed by atoms with Crippen molar-refractivity contribution in [1.29, 1.82) is 0 Å². The van der Waals surface area contributed by atoms with Gasteiger partial charge >= 0.3 is 29.6 Å². The van der Waals surface area contributed by atoms with Gasteiger partial charge in [-0.25, -0.2) is 8.42 Å². The number of hydrogen-bond acceptors (Lipinski definition) is 4. The quantitative estimate of drug-likeness (QED) is 0.222. The van der Waals surface area contributed by atoms with Crippen molar-refractivity contribution >= 4 is 10.1 Å². The van der Waals surface area contributed by atoms with Crippen molar-refractivity contribution in [3.63, 3.8) is 0 Å². The maximum atomic E-state index is 11.4. The molecule has 0 saturated carbocycles. The molecule has 0 aliphatic heterocycles. The summed E-state index contributed by atoms with van der Waals surface area (Å²) in [7, 11) is -4.14. The van der Waals surface area contributed by atoms with Gasteiger partial charge in [0, 0.05) is 11.9 Å². The van der Waals surface area contributed by atoms with E-state index in [1.54, 1.807) is 0 Å².